The fourth-order valence-electron chi connectivity index (χ4n) is 5.01. The minimum atomic E-state index is -1.37. The predicted octanol–water partition coefficient (Wildman–Crippen LogP) is 0.0818. The number of rotatable bonds is 1. The van der Waals surface area contributed by atoms with Crippen LogP contribution in [0.25, 0.3) is 0 Å². The van der Waals surface area contributed by atoms with Crippen LogP contribution < -0.4 is 0 Å². The van der Waals surface area contributed by atoms with Crippen LogP contribution >= 0.6 is 0 Å². The van der Waals surface area contributed by atoms with Crippen LogP contribution in [0.4, 0.5) is 0 Å². The van der Waals surface area contributed by atoms with Gasteiger partial charge in [0.1, 0.15) is 6.10 Å². The molecule has 2 aliphatic carbocycles. The third kappa shape index (κ3) is 1.97. The van der Waals surface area contributed by atoms with E-state index in [1.54, 1.807) is 21.0 Å². The molecule has 1 heterocycles. The number of carbonyl (C=O) groups excluding carboxylic acids is 1. The summed E-state index contributed by atoms with van der Waals surface area (Å²) in [5, 5.41) is 31.8. The lowest BCUT2D eigenvalue weighted by atomic mass is 9.74. The first-order valence-electron chi connectivity index (χ1n) is 7.97. The van der Waals surface area contributed by atoms with Gasteiger partial charge in [-0.15, -0.1) is 0 Å². The Balaban J connectivity index is 2.10. The van der Waals surface area contributed by atoms with Gasteiger partial charge >= 0.3 is 5.97 Å². The first-order chi connectivity index (χ1) is 10.1. The monoisotopic (exact) mass is 314 g/mol. The average molecular weight is 314 g/mol. The zero-order valence-electron chi connectivity index (χ0n) is 13.5. The topological polar surface area (TPSA) is 96.2 Å². The quantitative estimate of drug-likeness (QED) is 0.593. The van der Waals surface area contributed by atoms with Crippen molar-refractivity contribution in [1.29, 1.82) is 0 Å². The summed E-state index contributed by atoms with van der Waals surface area (Å²) in [6.45, 7) is 5.24. The van der Waals surface area contributed by atoms with E-state index < -0.39 is 41.3 Å². The lowest BCUT2D eigenvalue weighted by Crippen LogP contribution is -2.50. The molecule has 1 aliphatic heterocycles. The molecule has 0 unspecified atom stereocenters. The number of aliphatic hydroxyl groups excluding tert-OH is 2. The number of aliphatic hydroxyl groups is 3. The Labute approximate surface area is 130 Å². The molecule has 0 spiro atoms. The maximum atomic E-state index is 12.0. The molecule has 0 radical (unpaired) electrons. The smallest absolute Gasteiger partial charge is 0.309 e. The zero-order chi connectivity index (χ0) is 16.4. The van der Waals surface area contributed by atoms with Gasteiger partial charge in [0.2, 0.25) is 0 Å². The fraction of sp³-hybridized carbons (Fsp3) is 0.938. The second-order valence-corrected chi connectivity index (χ2v) is 7.67. The van der Waals surface area contributed by atoms with Crippen molar-refractivity contribution in [2.24, 2.45) is 23.7 Å². The molecule has 22 heavy (non-hydrogen) atoms. The molecule has 3 aliphatic rings. The van der Waals surface area contributed by atoms with Crippen LogP contribution in [-0.4, -0.2) is 57.9 Å². The molecule has 1 saturated heterocycles. The van der Waals surface area contributed by atoms with Crippen LogP contribution in [0.15, 0.2) is 0 Å². The summed E-state index contributed by atoms with van der Waals surface area (Å²) in [6.07, 6.45) is -1.51. The average Bonchev–Trinajstić information content (AvgIpc) is 2.81. The Bertz CT molecular complexity index is 477. The standard InChI is InChI=1S/C16H26O6/c1-7-11-9(17)6-15(2,21-4)8-5-10(18)16(3,20)12(8)13(11)22-14(7)19/h7-13,17-18,20H,5-6H2,1-4H3/t7-,8-,9+,10-,11-,12+,13+,15-,16-/m1/s1. The maximum Gasteiger partial charge on any atom is 0.309 e. The van der Waals surface area contributed by atoms with Crippen LogP contribution in [0.3, 0.4) is 0 Å². The summed E-state index contributed by atoms with van der Waals surface area (Å²) >= 11 is 0. The Morgan fingerprint density at radius 2 is 1.95 bits per heavy atom. The summed E-state index contributed by atoms with van der Waals surface area (Å²) in [5.41, 5.74) is -2.05. The van der Waals surface area contributed by atoms with E-state index in [4.69, 9.17) is 9.47 Å². The molecule has 9 atom stereocenters. The third-order valence-corrected chi connectivity index (χ3v) is 6.50. The van der Waals surface area contributed by atoms with E-state index in [2.05, 4.69) is 0 Å². The van der Waals surface area contributed by atoms with Crippen LogP contribution in [0.5, 0.6) is 0 Å². The first kappa shape index (κ1) is 16.2. The van der Waals surface area contributed by atoms with Crippen molar-refractivity contribution in [3.8, 4) is 0 Å². The minimum Gasteiger partial charge on any atom is -0.461 e. The molecule has 3 rings (SSSR count). The minimum absolute atomic E-state index is 0.190. The zero-order valence-corrected chi connectivity index (χ0v) is 13.5. The Hall–Kier alpha value is -0.690. The van der Waals surface area contributed by atoms with Crippen LogP contribution in [0, 0.1) is 23.7 Å². The number of ether oxygens (including phenoxy) is 2. The Morgan fingerprint density at radius 3 is 2.55 bits per heavy atom. The van der Waals surface area contributed by atoms with Gasteiger partial charge in [-0.3, -0.25) is 4.79 Å². The van der Waals surface area contributed by atoms with Crippen molar-refractivity contribution in [3.63, 3.8) is 0 Å². The molecule has 0 aromatic carbocycles. The van der Waals surface area contributed by atoms with Gasteiger partial charge in [-0.1, -0.05) is 6.92 Å². The second kappa shape index (κ2) is 4.90. The summed E-state index contributed by atoms with van der Waals surface area (Å²) in [7, 11) is 1.58. The molecule has 6 nitrogen and oxygen atoms in total. The number of fused-ring (bicyclic) bond motifs is 3. The highest BCUT2D eigenvalue weighted by molar-refractivity contribution is 5.75. The molecule has 0 aromatic heterocycles. The normalized spacial score (nSPS) is 58.0. The van der Waals surface area contributed by atoms with Gasteiger partial charge < -0.3 is 24.8 Å². The second-order valence-electron chi connectivity index (χ2n) is 7.67. The fourth-order valence-corrected chi connectivity index (χ4v) is 5.01. The number of esters is 1. The molecule has 2 saturated carbocycles. The molecule has 0 aromatic rings. The number of hydrogen-bond donors (Lipinski definition) is 3. The largest absolute Gasteiger partial charge is 0.461 e. The SMILES string of the molecule is CO[C@]1(C)C[C@H](O)[C@@H]2[C@H](OC(=O)[C@@H]2C)[C@@H]2[C@H]1C[C@@H](O)[C@@]2(C)O. The number of carbonyl (C=O) groups is 1. The van der Waals surface area contributed by atoms with E-state index in [-0.39, 0.29) is 17.8 Å². The molecule has 0 amide bonds. The van der Waals surface area contributed by atoms with Crippen molar-refractivity contribution >= 4 is 5.97 Å². The Morgan fingerprint density at radius 1 is 1.32 bits per heavy atom. The van der Waals surface area contributed by atoms with Crippen molar-refractivity contribution < 1.29 is 29.6 Å². The lowest BCUT2D eigenvalue weighted by molar-refractivity contribution is -0.157. The van der Waals surface area contributed by atoms with E-state index in [9.17, 15) is 20.1 Å². The van der Waals surface area contributed by atoms with Crippen molar-refractivity contribution in [2.75, 3.05) is 7.11 Å². The van der Waals surface area contributed by atoms with Gasteiger partial charge in [0, 0.05) is 25.4 Å². The van der Waals surface area contributed by atoms with Crippen molar-refractivity contribution in [1.82, 2.24) is 0 Å². The first-order valence-corrected chi connectivity index (χ1v) is 7.97. The highest BCUT2D eigenvalue weighted by Gasteiger charge is 2.66. The van der Waals surface area contributed by atoms with Gasteiger partial charge in [0.25, 0.3) is 0 Å². The van der Waals surface area contributed by atoms with E-state index in [0.717, 1.165) is 0 Å². The lowest BCUT2D eigenvalue weighted by Gasteiger charge is -2.39. The maximum absolute atomic E-state index is 12.0. The molecule has 3 N–H and O–H groups in total. The molecule has 6 heteroatoms. The van der Waals surface area contributed by atoms with Crippen molar-refractivity contribution in [2.45, 2.75) is 63.1 Å². The summed E-state index contributed by atoms with van der Waals surface area (Å²) in [4.78, 5) is 12.0. The van der Waals surface area contributed by atoms with Crippen LogP contribution in [0.1, 0.15) is 33.6 Å². The van der Waals surface area contributed by atoms with Gasteiger partial charge in [0.05, 0.1) is 29.3 Å². The van der Waals surface area contributed by atoms with Gasteiger partial charge in [-0.2, -0.15) is 0 Å². The summed E-state index contributed by atoms with van der Waals surface area (Å²) < 4.78 is 11.2. The molecule has 0 bridgehead atoms. The third-order valence-electron chi connectivity index (χ3n) is 6.50. The van der Waals surface area contributed by atoms with E-state index >= 15 is 0 Å². The highest BCUT2D eigenvalue weighted by atomic mass is 16.6. The van der Waals surface area contributed by atoms with Gasteiger partial charge in [0.15, 0.2) is 0 Å². The summed E-state index contributed by atoms with van der Waals surface area (Å²) in [5.74, 6) is -1.79. The van der Waals surface area contributed by atoms with E-state index in [1.165, 1.54) is 0 Å². The molecular weight excluding hydrogens is 288 g/mol. The summed E-state index contributed by atoms with van der Waals surface area (Å²) in [6, 6.07) is 0. The van der Waals surface area contributed by atoms with Gasteiger partial charge in [-0.25, -0.2) is 0 Å². The predicted molar refractivity (Wildman–Crippen MR) is 76.8 cm³/mol. The highest BCUT2D eigenvalue weighted by Crippen LogP contribution is 2.56. The number of methoxy groups -OCH3 is 1. The van der Waals surface area contributed by atoms with Crippen LogP contribution in [-0.2, 0) is 14.3 Å². The van der Waals surface area contributed by atoms with E-state index in [1.807, 2.05) is 6.92 Å². The molecular formula is C16H26O6. The van der Waals surface area contributed by atoms with Crippen LogP contribution in [0.2, 0.25) is 0 Å². The number of hydrogen-bond acceptors (Lipinski definition) is 6. The Kier molecular flexibility index (Phi) is 3.60. The molecule has 3 fully saturated rings. The van der Waals surface area contributed by atoms with Gasteiger partial charge in [-0.05, 0) is 26.2 Å². The molecule has 126 valence electrons. The van der Waals surface area contributed by atoms with E-state index in [0.29, 0.717) is 12.8 Å². The van der Waals surface area contributed by atoms with Crippen molar-refractivity contribution in [3.05, 3.63) is 0 Å².